The first-order valence-corrected chi connectivity index (χ1v) is 10.9. The molecule has 2 aliphatic heterocycles. The zero-order valence-corrected chi connectivity index (χ0v) is 17.8. The van der Waals surface area contributed by atoms with E-state index in [0.717, 1.165) is 17.3 Å². The molecule has 2 aromatic rings. The maximum absolute atomic E-state index is 5.65. The maximum atomic E-state index is 5.65. The topological polar surface area (TPSA) is 27.3 Å². The van der Waals surface area contributed by atoms with Crippen LogP contribution in [-0.2, 0) is 6.54 Å². The van der Waals surface area contributed by atoms with E-state index in [1.165, 1.54) is 48.8 Å². The number of anilines is 1. The molecule has 28 heavy (non-hydrogen) atoms. The third-order valence-corrected chi connectivity index (χ3v) is 6.53. The number of hydrogen-bond donors (Lipinski definition) is 2. The minimum atomic E-state index is 0.465. The number of nitrogens with zero attached hydrogens (tertiary/aromatic N) is 1. The molecule has 0 amide bonds. The summed E-state index contributed by atoms with van der Waals surface area (Å²) < 4.78 is 0. The van der Waals surface area contributed by atoms with Gasteiger partial charge in [-0.1, -0.05) is 48.9 Å². The fraction of sp³-hybridized carbons (Fsp3) is 0.458. The summed E-state index contributed by atoms with van der Waals surface area (Å²) in [6.45, 7) is 5.32. The summed E-state index contributed by atoms with van der Waals surface area (Å²) >= 11 is 5.65. The third-order valence-electron chi connectivity index (χ3n) is 6.31. The molecule has 4 rings (SSSR count). The fourth-order valence-corrected chi connectivity index (χ4v) is 5.14. The predicted octanol–water partition coefficient (Wildman–Crippen LogP) is 5.18. The molecule has 2 saturated heterocycles. The summed E-state index contributed by atoms with van der Waals surface area (Å²) in [5.41, 5.74) is 5.01. The van der Waals surface area contributed by atoms with E-state index in [0.29, 0.717) is 18.1 Å². The van der Waals surface area contributed by atoms with Crippen LogP contribution in [-0.4, -0.2) is 28.1 Å². The molecule has 4 heteroatoms. The van der Waals surface area contributed by atoms with Gasteiger partial charge in [0.25, 0.3) is 0 Å². The second-order valence-corrected chi connectivity index (χ2v) is 8.89. The van der Waals surface area contributed by atoms with Crippen molar-refractivity contribution in [2.24, 2.45) is 0 Å². The van der Waals surface area contributed by atoms with Gasteiger partial charge in [0.1, 0.15) is 0 Å². The van der Waals surface area contributed by atoms with Gasteiger partial charge < -0.3 is 10.6 Å². The molecular weight excluding hydrogens is 362 g/mol. The molecule has 3 nitrogen and oxygen atoms in total. The van der Waals surface area contributed by atoms with Crippen LogP contribution >= 0.6 is 12.2 Å². The Hall–Kier alpha value is -1.91. The number of piperidine rings is 2. The summed E-state index contributed by atoms with van der Waals surface area (Å²) in [7, 11) is 0. The Bertz CT molecular complexity index is 806. The first-order valence-electron chi connectivity index (χ1n) is 10.5. The van der Waals surface area contributed by atoms with Crippen LogP contribution in [0.1, 0.15) is 48.8 Å². The fourth-order valence-electron chi connectivity index (χ4n) is 4.86. The minimum Gasteiger partial charge on any atom is -0.360 e. The van der Waals surface area contributed by atoms with Gasteiger partial charge in [-0.05, 0) is 74.5 Å². The first-order chi connectivity index (χ1) is 13.6. The molecule has 2 fully saturated rings. The quantitative estimate of drug-likeness (QED) is 0.700. The second kappa shape index (κ2) is 8.62. The molecule has 2 heterocycles. The number of aryl methyl sites for hydroxylation is 2. The van der Waals surface area contributed by atoms with Crippen LogP contribution in [0.5, 0.6) is 0 Å². The first kappa shape index (κ1) is 19.4. The summed E-state index contributed by atoms with van der Waals surface area (Å²) in [4.78, 5) is 2.75. The molecule has 2 bridgehead atoms. The monoisotopic (exact) mass is 393 g/mol. The largest absolute Gasteiger partial charge is 0.360 e. The minimum absolute atomic E-state index is 0.465. The number of nitrogens with one attached hydrogen (secondary N) is 2. The van der Waals surface area contributed by atoms with Gasteiger partial charge in [-0.25, -0.2) is 0 Å². The van der Waals surface area contributed by atoms with Crippen LogP contribution in [0.15, 0.2) is 48.5 Å². The van der Waals surface area contributed by atoms with Crippen molar-refractivity contribution in [1.82, 2.24) is 10.2 Å². The molecule has 0 aliphatic carbocycles. The zero-order chi connectivity index (χ0) is 19.5. The molecule has 2 unspecified atom stereocenters. The van der Waals surface area contributed by atoms with Gasteiger partial charge in [-0.2, -0.15) is 0 Å². The average Bonchev–Trinajstić information content (AvgIpc) is 2.66. The van der Waals surface area contributed by atoms with E-state index in [1.54, 1.807) is 0 Å². The number of hydrogen-bond acceptors (Lipinski definition) is 2. The van der Waals surface area contributed by atoms with E-state index >= 15 is 0 Å². The van der Waals surface area contributed by atoms with Crippen LogP contribution in [0.4, 0.5) is 5.69 Å². The van der Waals surface area contributed by atoms with Crippen LogP contribution in [0.2, 0.25) is 0 Å². The average molecular weight is 394 g/mol. The van der Waals surface area contributed by atoms with Crippen molar-refractivity contribution in [2.45, 2.75) is 70.6 Å². The summed E-state index contributed by atoms with van der Waals surface area (Å²) in [6, 6.07) is 19.1. The van der Waals surface area contributed by atoms with Crippen LogP contribution in [0.25, 0.3) is 0 Å². The second-order valence-electron chi connectivity index (χ2n) is 8.48. The Morgan fingerprint density at radius 3 is 2.46 bits per heavy atom. The molecule has 148 valence electrons. The van der Waals surface area contributed by atoms with Crippen LogP contribution < -0.4 is 10.6 Å². The van der Waals surface area contributed by atoms with E-state index in [1.807, 2.05) is 0 Å². The smallest absolute Gasteiger partial charge is 0.171 e. The molecule has 2 N–H and O–H groups in total. The molecule has 0 spiro atoms. The molecular formula is C24H31N3S. The molecule has 2 aromatic carbocycles. The van der Waals surface area contributed by atoms with Gasteiger partial charge in [0.15, 0.2) is 5.11 Å². The highest BCUT2D eigenvalue weighted by Gasteiger charge is 2.38. The molecule has 0 saturated carbocycles. The highest BCUT2D eigenvalue weighted by atomic mass is 32.1. The van der Waals surface area contributed by atoms with Crippen molar-refractivity contribution < 1.29 is 0 Å². The van der Waals surface area contributed by atoms with E-state index in [4.69, 9.17) is 12.2 Å². The highest BCUT2D eigenvalue weighted by Crippen LogP contribution is 2.35. The van der Waals surface area contributed by atoms with Crippen molar-refractivity contribution in [3.8, 4) is 0 Å². The van der Waals surface area contributed by atoms with Gasteiger partial charge >= 0.3 is 0 Å². The van der Waals surface area contributed by atoms with Crippen molar-refractivity contribution in [2.75, 3.05) is 5.32 Å². The van der Waals surface area contributed by atoms with E-state index in [-0.39, 0.29) is 0 Å². The molecule has 2 aliphatic rings. The van der Waals surface area contributed by atoms with Gasteiger partial charge in [0, 0.05) is 30.4 Å². The Balaban J connectivity index is 1.37. The van der Waals surface area contributed by atoms with Crippen molar-refractivity contribution in [1.29, 1.82) is 0 Å². The van der Waals surface area contributed by atoms with Gasteiger partial charge in [0.05, 0.1) is 0 Å². The Kier molecular flexibility index (Phi) is 5.98. The van der Waals surface area contributed by atoms with E-state index in [9.17, 15) is 0 Å². The maximum Gasteiger partial charge on any atom is 0.171 e. The number of fused-ring (bicyclic) bond motifs is 2. The normalized spacial score (nSPS) is 24.6. The van der Waals surface area contributed by atoms with Crippen LogP contribution in [0, 0.1) is 13.8 Å². The lowest BCUT2D eigenvalue weighted by Gasteiger charge is -2.49. The molecule has 2 atom stereocenters. The van der Waals surface area contributed by atoms with Crippen LogP contribution in [0.3, 0.4) is 0 Å². The van der Waals surface area contributed by atoms with Crippen molar-refractivity contribution >= 4 is 23.0 Å². The summed E-state index contributed by atoms with van der Waals surface area (Å²) in [5, 5.41) is 7.80. The summed E-state index contributed by atoms with van der Waals surface area (Å²) in [6.07, 6.45) is 6.33. The van der Waals surface area contributed by atoms with Crippen molar-refractivity contribution in [3.05, 3.63) is 65.2 Å². The standard InChI is InChI=1S/C24H31N3S/c1-17-11-12-18(2)23(13-17)26-24(28)25-20-14-21-9-6-10-22(15-20)27(21)16-19-7-4-3-5-8-19/h3-5,7-8,11-13,20-22H,6,9-10,14-16H2,1-2H3,(H2,25,26,28). The highest BCUT2D eigenvalue weighted by molar-refractivity contribution is 7.80. The lowest BCUT2D eigenvalue weighted by molar-refractivity contribution is 0.0212. The number of thiocarbonyl (C=S) groups is 1. The number of benzene rings is 2. The summed E-state index contributed by atoms with van der Waals surface area (Å²) in [5.74, 6) is 0. The predicted molar refractivity (Wildman–Crippen MR) is 122 cm³/mol. The SMILES string of the molecule is Cc1ccc(C)c(NC(=S)NC2CC3CCCC(C2)N3Cc2ccccc2)c1. The molecule has 0 radical (unpaired) electrons. The van der Waals surface area contributed by atoms with Gasteiger partial charge in [0.2, 0.25) is 0 Å². The van der Waals surface area contributed by atoms with E-state index < -0.39 is 0 Å². The Morgan fingerprint density at radius 1 is 1.04 bits per heavy atom. The van der Waals surface area contributed by atoms with Crippen molar-refractivity contribution in [3.63, 3.8) is 0 Å². The Labute approximate surface area is 174 Å². The van der Waals surface area contributed by atoms with Gasteiger partial charge in [-0.15, -0.1) is 0 Å². The Morgan fingerprint density at radius 2 is 1.75 bits per heavy atom. The molecule has 0 aromatic heterocycles. The van der Waals surface area contributed by atoms with E-state index in [2.05, 4.69) is 77.9 Å². The number of rotatable bonds is 4. The third kappa shape index (κ3) is 4.56. The lowest BCUT2D eigenvalue weighted by Crippen LogP contribution is -2.56. The van der Waals surface area contributed by atoms with Gasteiger partial charge in [-0.3, -0.25) is 4.90 Å². The lowest BCUT2D eigenvalue weighted by atomic mass is 9.81. The zero-order valence-electron chi connectivity index (χ0n) is 16.9.